The average molecular weight is 208 g/mol. The van der Waals surface area contributed by atoms with Crippen molar-refractivity contribution in [2.75, 3.05) is 13.6 Å². The molecule has 0 bridgehead atoms. The molecule has 2 N–H and O–H groups in total. The van der Waals surface area contributed by atoms with Gasteiger partial charge in [0.25, 0.3) is 0 Å². The van der Waals surface area contributed by atoms with Crippen LogP contribution in [0, 0.1) is 6.92 Å². The lowest BCUT2D eigenvalue weighted by Gasteiger charge is -2.16. The van der Waals surface area contributed by atoms with Crippen molar-refractivity contribution >= 4 is 17.2 Å². The van der Waals surface area contributed by atoms with E-state index in [0.29, 0.717) is 11.5 Å². The lowest BCUT2D eigenvalue weighted by molar-refractivity contribution is 0.374. The molecule has 0 saturated carbocycles. The lowest BCUT2D eigenvalue weighted by Crippen LogP contribution is -2.29. The van der Waals surface area contributed by atoms with Crippen LogP contribution in [0.3, 0.4) is 0 Å². The zero-order chi connectivity index (χ0) is 10.6. The summed E-state index contributed by atoms with van der Waals surface area (Å²) in [5.41, 5.74) is 8.11. The molecule has 0 aromatic heterocycles. The normalized spacial score (nSPS) is 10.5. The van der Waals surface area contributed by atoms with Crippen molar-refractivity contribution in [2.24, 2.45) is 5.73 Å². The maximum Gasteiger partial charge on any atom is 0.0870 e. The van der Waals surface area contributed by atoms with Crippen molar-refractivity contribution in [2.45, 2.75) is 13.5 Å². The standard InChI is InChI=1S/C11H16N2S/c1-9-5-3-4-6-10(9)7-13(2)8-11(12)14/h3-6H,7-8H2,1-2H3,(H2,12,14). The Morgan fingerprint density at radius 3 is 2.64 bits per heavy atom. The number of hydrogen-bond donors (Lipinski definition) is 1. The SMILES string of the molecule is Cc1ccccc1CN(C)CC(N)=S. The van der Waals surface area contributed by atoms with Gasteiger partial charge in [0.05, 0.1) is 4.99 Å². The highest BCUT2D eigenvalue weighted by Crippen LogP contribution is 2.08. The number of thiocarbonyl (C=S) groups is 1. The Bertz CT molecular complexity index is 323. The monoisotopic (exact) mass is 208 g/mol. The molecule has 0 amide bonds. The van der Waals surface area contributed by atoms with Crippen LogP contribution in [0.4, 0.5) is 0 Å². The van der Waals surface area contributed by atoms with Gasteiger partial charge in [0.2, 0.25) is 0 Å². The maximum atomic E-state index is 5.47. The largest absolute Gasteiger partial charge is 0.392 e. The van der Waals surface area contributed by atoms with Crippen LogP contribution >= 0.6 is 12.2 Å². The van der Waals surface area contributed by atoms with Crippen molar-refractivity contribution in [1.82, 2.24) is 4.90 Å². The molecule has 1 aromatic rings. The van der Waals surface area contributed by atoms with Gasteiger partial charge in [-0.15, -0.1) is 0 Å². The highest BCUT2D eigenvalue weighted by Gasteiger charge is 2.02. The molecule has 0 radical (unpaired) electrons. The fourth-order valence-corrected chi connectivity index (χ4v) is 1.62. The van der Waals surface area contributed by atoms with E-state index in [9.17, 15) is 0 Å². The number of rotatable bonds is 4. The van der Waals surface area contributed by atoms with Gasteiger partial charge in [-0.25, -0.2) is 0 Å². The summed E-state index contributed by atoms with van der Waals surface area (Å²) in [5.74, 6) is 0. The first-order valence-corrected chi connectivity index (χ1v) is 5.02. The molecule has 0 fully saturated rings. The number of hydrogen-bond acceptors (Lipinski definition) is 2. The van der Waals surface area contributed by atoms with E-state index in [1.807, 2.05) is 13.1 Å². The molecule has 0 unspecified atom stereocenters. The molecule has 0 saturated heterocycles. The van der Waals surface area contributed by atoms with Crippen LogP contribution in [0.15, 0.2) is 24.3 Å². The van der Waals surface area contributed by atoms with Crippen LogP contribution in [0.5, 0.6) is 0 Å². The summed E-state index contributed by atoms with van der Waals surface area (Å²) in [5, 5.41) is 0. The minimum Gasteiger partial charge on any atom is -0.392 e. The highest BCUT2D eigenvalue weighted by atomic mass is 32.1. The Kier molecular flexibility index (Phi) is 4.04. The second kappa shape index (κ2) is 5.08. The van der Waals surface area contributed by atoms with Crippen molar-refractivity contribution in [3.63, 3.8) is 0 Å². The summed E-state index contributed by atoms with van der Waals surface area (Å²) < 4.78 is 0. The molecule has 2 nitrogen and oxygen atoms in total. The van der Waals surface area contributed by atoms with E-state index in [2.05, 4.69) is 30.0 Å². The number of benzene rings is 1. The van der Waals surface area contributed by atoms with E-state index in [-0.39, 0.29) is 0 Å². The molecule has 3 heteroatoms. The first-order valence-electron chi connectivity index (χ1n) is 4.61. The maximum absolute atomic E-state index is 5.47. The van der Waals surface area contributed by atoms with Crippen molar-refractivity contribution < 1.29 is 0 Å². The number of aryl methyl sites for hydroxylation is 1. The van der Waals surface area contributed by atoms with Crippen molar-refractivity contribution in [1.29, 1.82) is 0 Å². The number of likely N-dealkylation sites (N-methyl/N-ethyl adjacent to an activating group) is 1. The average Bonchev–Trinajstić information content (AvgIpc) is 2.07. The minimum atomic E-state index is 0.543. The highest BCUT2D eigenvalue weighted by molar-refractivity contribution is 7.80. The van der Waals surface area contributed by atoms with Gasteiger partial charge in [-0.05, 0) is 25.1 Å². The van der Waals surface area contributed by atoms with Gasteiger partial charge in [0, 0.05) is 13.1 Å². The summed E-state index contributed by atoms with van der Waals surface area (Å²) in [6.45, 7) is 3.68. The summed E-state index contributed by atoms with van der Waals surface area (Å²) in [6, 6.07) is 8.35. The second-order valence-corrected chi connectivity index (χ2v) is 4.09. The fraction of sp³-hybridized carbons (Fsp3) is 0.364. The van der Waals surface area contributed by atoms with E-state index in [0.717, 1.165) is 6.54 Å². The van der Waals surface area contributed by atoms with Crippen LogP contribution < -0.4 is 5.73 Å². The van der Waals surface area contributed by atoms with Crippen molar-refractivity contribution in [3.8, 4) is 0 Å². The predicted octanol–water partition coefficient (Wildman–Crippen LogP) is 1.71. The Hall–Kier alpha value is -0.930. The van der Waals surface area contributed by atoms with Crippen LogP contribution in [-0.2, 0) is 6.54 Å². The zero-order valence-electron chi connectivity index (χ0n) is 8.66. The Morgan fingerprint density at radius 2 is 2.07 bits per heavy atom. The third-order valence-corrected chi connectivity index (χ3v) is 2.26. The number of nitrogens with zero attached hydrogens (tertiary/aromatic N) is 1. The molecule has 14 heavy (non-hydrogen) atoms. The van der Waals surface area contributed by atoms with E-state index in [1.54, 1.807) is 0 Å². The summed E-state index contributed by atoms with van der Waals surface area (Å²) in [4.78, 5) is 2.66. The molecule has 76 valence electrons. The summed E-state index contributed by atoms with van der Waals surface area (Å²) in [6.07, 6.45) is 0. The summed E-state index contributed by atoms with van der Waals surface area (Å²) >= 11 is 4.86. The fourth-order valence-electron chi connectivity index (χ4n) is 1.40. The van der Waals surface area contributed by atoms with Gasteiger partial charge >= 0.3 is 0 Å². The number of nitrogens with two attached hydrogens (primary N) is 1. The molecule has 1 aromatic carbocycles. The van der Waals surface area contributed by atoms with Gasteiger partial charge in [0.15, 0.2) is 0 Å². The smallest absolute Gasteiger partial charge is 0.0870 e. The van der Waals surface area contributed by atoms with E-state index < -0.39 is 0 Å². The van der Waals surface area contributed by atoms with Crippen LogP contribution in [0.25, 0.3) is 0 Å². The van der Waals surface area contributed by atoms with Crippen LogP contribution in [0.2, 0.25) is 0 Å². The van der Waals surface area contributed by atoms with Gasteiger partial charge in [-0.3, -0.25) is 4.90 Å². The van der Waals surface area contributed by atoms with E-state index in [4.69, 9.17) is 18.0 Å². The minimum absolute atomic E-state index is 0.543. The molecule has 1 rings (SSSR count). The molecule has 0 aliphatic carbocycles. The summed E-state index contributed by atoms with van der Waals surface area (Å²) in [7, 11) is 2.02. The Morgan fingerprint density at radius 1 is 1.43 bits per heavy atom. The van der Waals surface area contributed by atoms with Gasteiger partial charge < -0.3 is 5.73 Å². The Balaban J connectivity index is 2.60. The van der Waals surface area contributed by atoms with E-state index in [1.165, 1.54) is 11.1 Å². The molecule has 0 heterocycles. The zero-order valence-corrected chi connectivity index (χ0v) is 9.47. The predicted molar refractivity (Wildman–Crippen MR) is 64.3 cm³/mol. The molecule has 0 aliphatic rings. The van der Waals surface area contributed by atoms with Crippen molar-refractivity contribution in [3.05, 3.63) is 35.4 Å². The topological polar surface area (TPSA) is 29.3 Å². The third kappa shape index (κ3) is 3.44. The van der Waals surface area contributed by atoms with Gasteiger partial charge in [-0.1, -0.05) is 36.5 Å². The quantitative estimate of drug-likeness (QED) is 0.764. The second-order valence-electron chi connectivity index (χ2n) is 3.57. The molecule has 0 spiro atoms. The first kappa shape index (κ1) is 11.1. The molecule has 0 aliphatic heterocycles. The van der Waals surface area contributed by atoms with Gasteiger partial charge in [-0.2, -0.15) is 0 Å². The molecule has 0 atom stereocenters. The molecular formula is C11H16N2S. The van der Waals surface area contributed by atoms with Crippen LogP contribution in [0.1, 0.15) is 11.1 Å². The lowest BCUT2D eigenvalue weighted by atomic mass is 10.1. The van der Waals surface area contributed by atoms with Gasteiger partial charge in [0.1, 0.15) is 0 Å². The Labute approximate surface area is 90.7 Å². The first-order chi connectivity index (χ1) is 6.59. The molecular weight excluding hydrogens is 192 g/mol. The van der Waals surface area contributed by atoms with E-state index >= 15 is 0 Å². The third-order valence-electron chi connectivity index (χ3n) is 2.13. The van der Waals surface area contributed by atoms with Crippen LogP contribution in [-0.4, -0.2) is 23.5 Å².